The highest BCUT2D eigenvalue weighted by molar-refractivity contribution is 5.81. The van der Waals surface area contributed by atoms with E-state index in [2.05, 4.69) is 31.7 Å². The topological polar surface area (TPSA) is 37.3 Å². The predicted octanol–water partition coefficient (Wildman–Crippen LogP) is 4.01. The van der Waals surface area contributed by atoms with Crippen LogP contribution in [0.4, 0.5) is 0 Å². The van der Waals surface area contributed by atoms with Crippen molar-refractivity contribution < 1.29 is 9.90 Å². The van der Waals surface area contributed by atoms with Crippen molar-refractivity contribution in [2.75, 3.05) is 0 Å². The maximum atomic E-state index is 12.0. The lowest BCUT2D eigenvalue weighted by Crippen LogP contribution is -2.34. The van der Waals surface area contributed by atoms with Crippen molar-refractivity contribution in [2.24, 2.45) is 11.3 Å². The zero-order chi connectivity index (χ0) is 14.1. The zero-order valence-corrected chi connectivity index (χ0v) is 11.9. The molecular weight excluding hydrogens is 248 g/mol. The van der Waals surface area contributed by atoms with Crippen molar-refractivity contribution in [1.82, 2.24) is 0 Å². The summed E-state index contributed by atoms with van der Waals surface area (Å²) < 4.78 is 0. The lowest BCUT2D eigenvalue weighted by atomic mass is 9.64. The van der Waals surface area contributed by atoms with Crippen molar-refractivity contribution in [1.29, 1.82) is 0 Å². The molecule has 0 aliphatic heterocycles. The summed E-state index contributed by atoms with van der Waals surface area (Å²) >= 11 is 0. The molecule has 0 radical (unpaired) electrons. The van der Waals surface area contributed by atoms with Crippen LogP contribution in [0.1, 0.15) is 54.2 Å². The van der Waals surface area contributed by atoms with Gasteiger partial charge in [0.05, 0.1) is 5.92 Å². The standard InChI is InChI=1S/C18H20O2/c1-10-4-3-5-13-14-7-6-12-9-18(14,8-11(12)2)16(15(10)13)17(19)20/h3-5,12,14,16H,2,6-9H2,1H3,(H,19,20)/t12-,14+,16-,18+/m1/s1. The molecule has 20 heavy (non-hydrogen) atoms. The lowest BCUT2D eigenvalue weighted by Gasteiger charge is -2.38. The van der Waals surface area contributed by atoms with Gasteiger partial charge in [-0.3, -0.25) is 4.79 Å². The molecule has 1 spiro atoms. The second kappa shape index (κ2) is 3.75. The van der Waals surface area contributed by atoms with Gasteiger partial charge in [-0.25, -0.2) is 0 Å². The largest absolute Gasteiger partial charge is 0.481 e. The van der Waals surface area contributed by atoms with E-state index in [1.165, 1.54) is 17.6 Å². The van der Waals surface area contributed by atoms with Gasteiger partial charge in [-0.2, -0.15) is 0 Å². The van der Waals surface area contributed by atoms with Crippen molar-refractivity contribution in [3.63, 3.8) is 0 Å². The summed E-state index contributed by atoms with van der Waals surface area (Å²) in [5, 5.41) is 9.89. The van der Waals surface area contributed by atoms with E-state index in [-0.39, 0.29) is 11.3 Å². The number of aryl methyl sites for hydroxylation is 1. The molecule has 0 saturated heterocycles. The van der Waals surface area contributed by atoms with Crippen LogP contribution in [0.5, 0.6) is 0 Å². The summed E-state index contributed by atoms with van der Waals surface area (Å²) in [6.07, 6.45) is 4.25. The van der Waals surface area contributed by atoms with E-state index in [0.29, 0.717) is 11.8 Å². The fourth-order valence-electron chi connectivity index (χ4n) is 5.41. The molecule has 1 aromatic carbocycles. The Balaban J connectivity index is 1.97. The van der Waals surface area contributed by atoms with Gasteiger partial charge in [0.1, 0.15) is 0 Å². The summed E-state index contributed by atoms with van der Waals surface area (Å²) in [6.45, 7) is 6.30. The number of aliphatic carboxylic acids is 1. The lowest BCUT2D eigenvalue weighted by molar-refractivity contribution is -0.142. The number of benzene rings is 1. The summed E-state index contributed by atoms with van der Waals surface area (Å²) in [5.74, 6) is 0.0147. The molecule has 2 bridgehead atoms. The van der Waals surface area contributed by atoms with Crippen LogP contribution in [-0.2, 0) is 4.79 Å². The first-order valence-electron chi connectivity index (χ1n) is 7.54. The molecule has 4 rings (SSSR count). The van der Waals surface area contributed by atoms with Crippen LogP contribution >= 0.6 is 0 Å². The van der Waals surface area contributed by atoms with Crippen LogP contribution in [-0.4, -0.2) is 11.1 Å². The highest BCUT2D eigenvalue weighted by Crippen LogP contribution is 2.70. The smallest absolute Gasteiger partial charge is 0.311 e. The molecule has 2 saturated carbocycles. The molecule has 1 aromatic rings. The maximum absolute atomic E-state index is 12.0. The fraction of sp³-hybridized carbons (Fsp3) is 0.500. The summed E-state index contributed by atoms with van der Waals surface area (Å²) in [7, 11) is 0. The minimum Gasteiger partial charge on any atom is -0.481 e. The monoisotopic (exact) mass is 268 g/mol. The van der Waals surface area contributed by atoms with E-state index in [0.717, 1.165) is 30.4 Å². The molecular formula is C18H20O2. The number of hydrogen-bond donors (Lipinski definition) is 1. The van der Waals surface area contributed by atoms with Gasteiger partial charge < -0.3 is 5.11 Å². The Labute approximate surface area is 119 Å². The molecule has 0 amide bonds. The molecule has 3 aliphatic carbocycles. The molecule has 2 nitrogen and oxygen atoms in total. The zero-order valence-electron chi connectivity index (χ0n) is 11.9. The van der Waals surface area contributed by atoms with E-state index in [1.54, 1.807) is 0 Å². The minimum atomic E-state index is -0.640. The highest BCUT2D eigenvalue weighted by Gasteiger charge is 2.61. The third-order valence-corrected chi connectivity index (χ3v) is 6.10. The number of allylic oxidation sites excluding steroid dienone is 1. The van der Waals surface area contributed by atoms with Gasteiger partial charge in [-0.05, 0) is 66.5 Å². The Bertz CT molecular complexity index is 630. The number of carbonyl (C=O) groups is 1. The van der Waals surface area contributed by atoms with Gasteiger partial charge in [0.2, 0.25) is 0 Å². The summed E-state index contributed by atoms with van der Waals surface area (Å²) in [6, 6.07) is 6.31. The van der Waals surface area contributed by atoms with Gasteiger partial charge in [0.25, 0.3) is 0 Å². The molecule has 4 atom stereocenters. The Morgan fingerprint density at radius 1 is 1.40 bits per heavy atom. The number of rotatable bonds is 1. The molecule has 2 heteroatoms. The van der Waals surface area contributed by atoms with Gasteiger partial charge in [0, 0.05) is 0 Å². The molecule has 104 valence electrons. The molecule has 0 unspecified atom stereocenters. The molecule has 0 aromatic heterocycles. The number of carboxylic acids is 1. The second-order valence-electron chi connectivity index (χ2n) is 6.95. The first kappa shape index (κ1) is 12.2. The number of carboxylic acid groups (broad SMARTS) is 1. The Hall–Kier alpha value is -1.57. The van der Waals surface area contributed by atoms with E-state index in [4.69, 9.17) is 0 Å². The van der Waals surface area contributed by atoms with Crippen molar-refractivity contribution >= 4 is 5.97 Å². The van der Waals surface area contributed by atoms with Crippen molar-refractivity contribution in [3.05, 3.63) is 47.0 Å². The van der Waals surface area contributed by atoms with E-state index in [9.17, 15) is 9.90 Å². The van der Waals surface area contributed by atoms with Crippen LogP contribution in [0, 0.1) is 18.3 Å². The first-order valence-corrected chi connectivity index (χ1v) is 7.54. The quantitative estimate of drug-likeness (QED) is 0.781. The molecule has 0 heterocycles. The van der Waals surface area contributed by atoms with Crippen LogP contribution < -0.4 is 0 Å². The van der Waals surface area contributed by atoms with E-state index < -0.39 is 5.97 Å². The van der Waals surface area contributed by atoms with Crippen LogP contribution in [0.3, 0.4) is 0 Å². The highest BCUT2D eigenvalue weighted by atomic mass is 16.4. The van der Waals surface area contributed by atoms with Gasteiger partial charge in [-0.1, -0.05) is 30.4 Å². The van der Waals surface area contributed by atoms with Crippen molar-refractivity contribution in [3.8, 4) is 0 Å². The summed E-state index contributed by atoms with van der Waals surface area (Å²) in [4.78, 5) is 12.0. The van der Waals surface area contributed by atoms with Crippen LogP contribution in [0.25, 0.3) is 0 Å². The average Bonchev–Trinajstić information content (AvgIpc) is 2.82. The van der Waals surface area contributed by atoms with E-state index >= 15 is 0 Å². The molecule has 1 N–H and O–H groups in total. The van der Waals surface area contributed by atoms with Gasteiger partial charge in [0.15, 0.2) is 0 Å². The first-order chi connectivity index (χ1) is 9.54. The van der Waals surface area contributed by atoms with Crippen LogP contribution in [0.2, 0.25) is 0 Å². The number of hydrogen-bond acceptors (Lipinski definition) is 1. The van der Waals surface area contributed by atoms with Crippen molar-refractivity contribution in [2.45, 2.75) is 44.4 Å². The molecule has 3 aliphatic rings. The second-order valence-corrected chi connectivity index (χ2v) is 6.95. The Morgan fingerprint density at radius 2 is 2.20 bits per heavy atom. The SMILES string of the molecule is C=C1C[C@]23C[C@H]1CC[C@H]2c1cccc(C)c1[C@@H]3C(=O)O. The van der Waals surface area contributed by atoms with Gasteiger partial charge >= 0.3 is 5.97 Å². The van der Waals surface area contributed by atoms with Crippen LogP contribution in [0.15, 0.2) is 30.4 Å². The molecule has 2 fully saturated rings. The fourth-order valence-corrected chi connectivity index (χ4v) is 5.41. The average molecular weight is 268 g/mol. The number of fused-ring (bicyclic) bond motifs is 3. The predicted molar refractivity (Wildman–Crippen MR) is 77.8 cm³/mol. The van der Waals surface area contributed by atoms with E-state index in [1.807, 2.05) is 0 Å². The minimum absolute atomic E-state index is 0.0831. The van der Waals surface area contributed by atoms with Gasteiger partial charge in [-0.15, -0.1) is 0 Å². The Morgan fingerprint density at radius 3 is 2.95 bits per heavy atom. The normalized spacial score (nSPS) is 37.6. The maximum Gasteiger partial charge on any atom is 0.311 e. The third kappa shape index (κ3) is 1.27. The summed E-state index contributed by atoms with van der Waals surface area (Å²) in [5.41, 5.74) is 4.78. The Kier molecular flexibility index (Phi) is 2.28. The third-order valence-electron chi connectivity index (χ3n) is 6.10.